The average molecular weight is 442 g/mol. The number of amides is 1. The Morgan fingerprint density at radius 2 is 1.91 bits per heavy atom. The molecule has 1 N–H and O–H groups in total. The molecule has 7 heteroatoms. The maximum atomic E-state index is 12.5. The van der Waals surface area contributed by atoms with Crippen LogP contribution in [0.4, 0.5) is 5.69 Å². The van der Waals surface area contributed by atoms with E-state index in [2.05, 4.69) is 11.4 Å². The molecule has 0 radical (unpaired) electrons. The molecule has 4 rings (SSSR count). The molecule has 1 unspecified atom stereocenters. The van der Waals surface area contributed by atoms with Gasteiger partial charge < -0.3 is 19.5 Å². The number of nitrogens with zero attached hydrogens (tertiary/aromatic N) is 1. The van der Waals surface area contributed by atoms with E-state index in [4.69, 9.17) is 14.2 Å². The summed E-state index contributed by atoms with van der Waals surface area (Å²) in [5.74, 6) is 0.168. The van der Waals surface area contributed by atoms with E-state index >= 15 is 0 Å². The number of rotatable bonds is 5. The molecular weight excluding hydrogens is 420 g/mol. The highest BCUT2D eigenvalue weighted by Crippen LogP contribution is 2.40. The van der Waals surface area contributed by atoms with E-state index in [1.807, 2.05) is 31.2 Å². The normalized spacial score (nSPS) is 14.3. The zero-order valence-electron chi connectivity index (χ0n) is 18.3. The summed E-state index contributed by atoms with van der Waals surface area (Å²) in [7, 11) is 1.34. The Balaban J connectivity index is 1.53. The molecule has 1 amide bonds. The number of fused-ring (bicyclic) bond motifs is 1. The number of nitriles is 1. The molecule has 3 aromatic rings. The monoisotopic (exact) mass is 442 g/mol. The number of benzene rings is 3. The van der Waals surface area contributed by atoms with Crippen molar-refractivity contribution in [2.75, 3.05) is 19.0 Å². The van der Waals surface area contributed by atoms with Crippen molar-refractivity contribution in [3.05, 3.63) is 82.9 Å². The van der Waals surface area contributed by atoms with Gasteiger partial charge in [-0.05, 0) is 61.4 Å². The van der Waals surface area contributed by atoms with Gasteiger partial charge in [0.2, 0.25) is 0 Å². The Kier molecular flexibility index (Phi) is 6.27. The molecule has 0 saturated heterocycles. The second-order valence-corrected chi connectivity index (χ2v) is 7.66. The van der Waals surface area contributed by atoms with E-state index in [0.717, 1.165) is 11.3 Å². The lowest BCUT2D eigenvalue weighted by molar-refractivity contribution is -0.143. The van der Waals surface area contributed by atoms with E-state index in [-0.39, 0.29) is 17.4 Å². The predicted octanol–water partition coefficient (Wildman–Crippen LogP) is 4.95. The van der Waals surface area contributed by atoms with Crippen LogP contribution < -0.4 is 14.8 Å². The number of anilines is 1. The molecule has 0 bridgehead atoms. The van der Waals surface area contributed by atoms with Crippen LogP contribution in [0, 0.1) is 18.3 Å². The van der Waals surface area contributed by atoms with Crippen molar-refractivity contribution >= 4 is 17.6 Å². The number of esters is 1. The van der Waals surface area contributed by atoms with Gasteiger partial charge in [-0.3, -0.25) is 9.59 Å². The number of carbonyl (C=O) groups is 2. The second kappa shape index (κ2) is 9.45. The summed E-state index contributed by atoms with van der Waals surface area (Å²) in [5, 5.41) is 12.5. The third kappa shape index (κ3) is 4.80. The number of aryl methyl sites for hydroxylation is 1. The van der Waals surface area contributed by atoms with Crippen LogP contribution in [0.25, 0.3) is 0 Å². The molecule has 0 fully saturated rings. The van der Waals surface area contributed by atoms with Crippen molar-refractivity contribution in [1.29, 1.82) is 5.26 Å². The van der Waals surface area contributed by atoms with Crippen molar-refractivity contribution < 1.29 is 23.8 Å². The van der Waals surface area contributed by atoms with Crippen LogP contribution in [0.1, 0.15) is 39.4 Å². The number of nitrogens with one attached hydrogen (secondary N) is 1. The fourth-order valence-electron chi connectivity index (χ4n) is 3.70. The van der Waals surface area contributed by atoms with E-state index in [1.54, 1.807) is 36.4 Å². The van der Waals surface area contributed by atoms with Crippen LogP contribution in [-0.2, 0) is 9.53 Å². The van der Waals surface area contributed by atoms with Crippen LogP contribution in [0.3, 0.4) is 0 Å². The van der Waals surface area contributed by atoms with Crippen LogP contribution in [-0.4, -0.2) is 25.6 Å². The van der Waals surface area contributed by atoms with Crippen molar-refractivity contribution in [2.45, 2.75) is 19.3 Å². The number of hydrogen-bond donors (Lipinski definition) is 1. The Morgan fingerprint density at radius 1 is 1.12 bits per heavy atom. The van der Waals surface area contributed by atoms with Gasteiger partial charge in [-0.25, -0.2) is 0 Å². The first-order valence-electron chi connectivity index (χ1n) is 10.4. The zero-order chi connectivity index (χ0) is 23.4. The van der Waals surface area contributed by atoms with Crippen molar-refractivity contribution in [3.8, 4) is 23.3 Å². The molecule has 0 aromatic heterocycles. The summed E-state index contributed by atoms with van der Waals surface area (Å²) >= 11 is 0. The van der Waals surface area contributed by atoms with Gasteiger partial charge in [-0.15, -0.1) is 0 Å². The first-order valence-corrected chi connectivity index (χ1v) is 10.4. The fraction of sp³-hybridized carbons (Fsp3) is 0.192. The molecule has 7 nitrogen and oxygen atoms in total. The van der Waals surface area contributed by atoms with Gasteiger partial charge in [0.1, 0.15) is 23.3 Å². The maximum Gasteiger partial charge on any atom is 0.313 e. The van der Waals surface area contributed by atoms with Crippen LogP contribution in [0.5, 0.6) is 17.2 Å². The van der Waals surface area contributed by atoms with Crippen molar-refractivity contribution in [1.82, 2.24) is 0 Å². The summed E-state index contributed by atoms with van der Waals surface area (Å²) in [6.07, 6.45) is 0.483. The molecule has 1 atom stereocenters. The Hall–Kier alpha value is -4.31. The van der Waals surface area contributed by atoms with E-state index < -0.39 is 5.92 Å². The van der Waals surface area contributed by atoms with Gasteiger partial charge in [-0.2, -0.15) is 5.26 Å². The Labute approximate surface area is 191 Å². The Morgan fingerprint density at radius 3 is 2.61 bits per heavy atom. The van der Waals surface area contributed by atoms with Gasteiger partial charge in [0.15, 0.2) is 0 Å². The van der Waals surface area contributed by atoms with Gasteiger partial charge in [0, 0.05) is 22.9 Å². The highest BCUT2D eigenvalue weighted by molar-refractivity contribution is 6.04. The lowest BCUT2D eigenvalue weighted by Crippen LogP contribution is -2.22. The van der Waals surface area contributed by atoms with Crippen LogP contribution >= 0.6 is 0 Å². The third-order valence-electron chi connectivity index (χ3n) is 5.38. The highest BCUT2D eigenvalue weighted by Gasteiger charge is 2.30. The lowest BCUT2D eigenvalue weighted by Gasteiger charge is -2.25. The summed E-state index contributed by atoms with van der Waals surface area (Å²) in [6, 6.07) is 19.5. The van der Waals surface area contributed by atoms with E-state index in [9.17, 15) is 14.9 Å². The lowest BCUT2D eigenvalue weighted by atomic mass is 9.91. The van der Waals surface area contributed by atoms with Crippen LogP contribution in [0.2, 0.25) is 0 Å². The van der Waals surface area contributed by atoms with Gasteiger partial charge in [0.25, 0.3) is 5.91 Å². The van der Waals surface area contributed by atoms with E-state index in [1.165, 1.54) is 7.11 Å². The quantitative estimate of drug-likeness (QED) is 0.562. The largest absolute Gasteiger partial charge is 0.493 e. The zero-order valence-corrected chi connectivity index (χ0v) is 18.3. The smallest absolute Gasteiger partial charge is 0.313 e. The minimum Gasteiger partial charge on any atom is -0.493 e. The highest BCUT2D eigenvalue weighted by atomic mass is 16.5. The van der Waals surface area contributed by atoms with Gasteiger partial charge in [0.05, 0.1) is 25.2 Å². The number of carbonyl (C=O) groups excluding carboxylic acids is 2. The number of methoxy groups -OCH3 is 1. The molecule has 33 heavy (non-hydrogen) atoms. The SMILES string of the molecule is COC(=O)C1CCOc2cc(Oc3ccc(C(=O)Nc4cccc(C)c4)cc3)c(C#N)cc21. The first kappa shape index (κ1) is 21.9. The molecule has 1 heterocycles. The maximum absolute atomic E-state index is 12.5. The van der Waals surface area contributed by atoms with Gasteiger partial charge in [-0.1, -0.05) is 12.1 Å². The van der Waals surface area contributed by atoms with Gasteiger partial charge >= 0.3 is 5.97 Å². The third-order valence-corrected chi connectivity index (χ3v) is 5.38. The minimum atomic E-state index is -0.480. The number of ether oxygens (including phenoxy) is 3. The summed E-state index contributed by atoms with van der Waals surface area (Å²) in [6.45, 7) is 2.32. The molecule has 3 aromatic carbocycles. The molecular formula is C26H22N2O5. The summed E-state index contributed by atoms with van der Waals surface area (Å²) in [5.41, 5.74) is 3.13. The van der Waals surface area contributed by atoms with Crippen LogP contribution in [0.15, 0.2) is 60.7 Å². The topological polar surface area (TPSA) is 97.7 Å². The fourth-order valence-corrected chi connectivity index (χ4v) is 3.70. The molecule has 1 aliphatic heterocycles. The molecule has 166 valence electrons. The second-order valence-electron chi connectivity index (χ2n) is 7.66. The molecule has 0 aliphatic carbocycles. The van der Waals surface area contributed by atoms with Crippen molar-refractivity contribution in [3.63, 3.8) is 0 Å². The molecule has 1 aliphatic rings. The minimum absolute atomic E-state index is 0.235. The molecule has 0 saturated carbocycles. The van der Waals surface area contributed by atoms with Crippen molar-refractivity contribution in [2.24, 2.45) is 0 Å². The predicted molar refractivity (Wildman–Crippen MR) is 122 cm³/mol. The first-order chi connectivity index (χ1) is 16.0. The average Bonchev–Trinajstić information content (AvgIpc) is 2.83. The number of hydrogen-bond acceptors (Lipinski definition) is 6. The van der Waals surface area contributed by atoms with E-state index in [0.29, 0.717) is 41.4 Å². The Bertz CT molecular complexity index is 1240. The summed E-state index contributed by atoms with van der Waals surface area (Å²) < 4.78 is 16.5. The molecule has 0 spiro atoms. The summed E-state index contributed by atoms with van der Waals surface area (Å²) in [4.78, 5) is 24.6. The standard InChI is InChI=1S/C26H22N2O5/c1-16-4-3-5-19(12-16)28-25(29)17-6-8-20(9-7-17)33-23-14-24-22(13-18(23)15-27)21(10-11-32-24)26(30)31-2/h3-9,12-14,21H,10-11H2,1-2H3,(H,28,29).